The van der Waals surface area contributed by atoms with E-state index in [1.54, 1.807) is 6.92 Å². The number of carbonyl (C=O) groups excluding carboxylic acids is 2. The van der Waals surface area contributed by atoms with Crippen LogP contribution in [0.1, 0.15) is 84.8 Å². The van der Waals surface area contributed by atoms with Crippen molar-refractivity contribution < 1.29 is 19.1 Å². The number of aryl methyl sites for hydroxylation is 2. The molecule has 254 valence electrons. The summed E-state index contributed by atoms with van der Waals surface area (Å²) in [7, 11) is 0. The summed E-state index contributed by atoms with van der Waals surface area (Å²) in [6, 6.07) is 24.4. The molecule has 0 fully saturated rings. The molecule has 4 nitrogen and oxygen atoms in total. The molecule has 0 aromatic heterocycles. The maximum absolute atomic E-state index is 12.7. The Labute approximate surface area is 292 Å². The number of carbonyl (C=O) groups is 2. The summed E-state index contributed by atoms with van der Waals surface area (Å²) in [4.78, 5) is 25.0. The molecular formula is C45H50O4. The molecule has 4 heteroatoms. The molecule has 4 aromatic rings. The lowest BCUT2D eigenvalue weighted by Crippen LogP contribution is -2.25. The minimum atomic E-state index is -0.574. The number of rotatable bonds is 12. The molecule has 0 spiro atoms. The van der Waals surface area contributed by atoms with Gasteiger partial charge in [0.1, 0.15) is 11.5 Å². The Bertz CT molecular complexity index is 1970. The molecule has 0 heterocycles. The van der Waals surface area contributed by atoms with Crippen molar-refractivity contribution in [3.05, 3.63) is 132 Å². The van der Waals surface area contributed by atoms with E-state index in [0.29, 0.717) is 17.1 Å². The second-order valence-corrected chi connectivity index (χ2v) is 14.7. The van der Waals surface area contributed by atoms with Crippen molar-refractivity contribution in [1.29, 1.82) is 0 Å². The van der Waals surface area contributed by atoms with Gasteiger partial charge in [-0.2, -0.15) is 0 Å². The largest absolute Gasteiger partial charge is 0.425 e. The van der Waals surface area contributed by atoms with Crippen molar-refractivity contribution in [2.24, 2.45) is 10.8 Å². The lowest BCUT2D eigenvalue weighted by molar-refractivity contribution is -0.142. The molecular weight excluding hydrogens is 604 g/mol. The molecule has 1 atom stereocenters. The molecule has 0 saturated heterocycles. The van der Waals surface area contributed by atoms with Gasteiger partial charge in [0.15, 0.2) is 0 Å². The van der Waals surface area contributed by atoms with Gasteiger partial charge in [-0.1, -0.05) is 129 Å². The van der Waals surface area contributed by atoms with Crippen LogP contribution >= 0.6 is 0 Å². The third kappa shape index (κ3) is 8.86. The van der Waals surface area contributed by atoms with Gasteiger partial charge in [0, 0.05) is 21.8 Å². The number of esters is 2. The summed E-state index contributed by atoms with van der Waals surface area (Å²) in [6.07, 6.45) is 16.6. The molecule has 0 saturated carbocycles. The molecule has 0 amide bonds. The van der Waals surface area contributed by atoms with Crippen LogP contribution in [0, 0.1) is 10.8 Å². The van der Waals surface area contributed by atoms with E-state index in [0.717, 1.165) is 60.1 Å². The first-order valence-electron chi connectivity index (χ1n) is 17.6. The quantitative estimate of drug-likeness (QED) is 0.0866. The molecule has 0 radical (unpaired) electrons. The SMILES string of the molecule is C=C(C)C(=O)Oc1ccc(CCC2=CC(C)(CCCC)C=C(CCc3ccc(OC(=O)C(C)(C)C)c4ccccc34)C=C2)c2ccccc12. The van der Waals surface area contributed by atoms with Gasteiger partial charge in [0.05, 0.1) is 5.41 Å². The van der Waals surface area contributed by atoms with E-state index in [1.807, 2.05) is 63.2 Å². The molecule has 49 heavy (non-hydrogen) atoms. The fraction of sp³-hybridized carbons (Fsp3) is 0.333. The minimum Gasteiger partial charge on any atom is -0.425 e. The predicted molar refractivity (Wildman–Crippen MR) is 203 cm³/mol. The van der Waals surface area contributed by atoms with Crippen LogP contribution in [0.3, 0.4) is 0 Å². The van der Waals surface area contributed by atoms with Crippen LogP contribution in [-0.2, 0) is 22.4 Å². The van der Waals surface area contributed by atoms with E-state index < -0.39 is 11.4 Å². The van der Waals surface area contributed by atoms with Crippen LogP contribution in [0.25, 0.3) is 21.5 Å². The van der Waals surface area contributed by atoms with Crippen molar-refractivity contribution in [2.45, 2.75) is 86.5 Å². The molecule has 1 unspecified atom stereocenters. The predicted octanol–water partition coefficient (Wildman–Crippen LogP) is 11.6. The molecule has 1 aliphatic carbocycles. The van der Waals surface area contributed by atoms with Crippen LogP contribution < -0.4 is 9.47 Å². The average molecular weight is 655 g/mol. The lowest BCUT2D eigenvalue weighted by atomic mass is 9.81. The van der Waals surface area contributed by atoms with Crippen LogP contribution in [0.15, 0.2) is 120 Å². The Balaban J connectivity index is 1.35. The van der Waals surface area contributed by atoms with E-state index >= 15 is 0 Å². The summed E-state index contributed by atoms with van der Waals surface area (Å²) >= 11 is 0. The van der Waals surface area contributed by atoms with Crippen molar-refractivity contribution in [2.75, 3.05) is 0 Å². The van der Waals surface area contributed by atoms with Gasteiger partial charge in [0.2, 0.25) is 0 Å². The Hall–Kier alpha value is -4.70. The molecule has 0 N–H and O–H groups in total. The highest BCUT2D eigenvalue weighted by Gasteiger charge is 2.25. The van der Waals surface area contributed by atoms with Crippen molar-refractivity contribution >= 4 is 33.5 Å². The highest BCUT2D eigenvalue weighted by atomic mass is 16.5. The number of unbranched alkanes of at least 4 members (excludes halogenated alkanes) is 1. The highest BCUT2D eigenvalue weighted by Crippen LogP contribution is 2.37. The minimum absolute atomic E-state index is 0.0417. The van der Waals surface area contributed by atoms with Crippen molar-refractivity contribution in [3.63, 3.8) is 0 Å². The van der Waals surface area contributed by atoms with E-state index in [2.05, 4.69) is 75.1 Å². The zero-order chi connectivity index (χ0) is 35.2. The Kier molecular flexibility index (Phi) is 11.1. The van der Waals surface area contributed by atoms with Crippen molar-refractivity contribution in [1.82, 2.24) is 0 Å². The third-order valence-corrected chi connectivity index (χ3v) is 9.29. The van der Waals surface area contributed by atoms with Crippen LogP contribution in [-0.4, -0.2) is 11.9 Å². The number of hydrogen-bond donors (Lipinski definition) is 0. The second-order valence-electron chi connectivity index (χ2n) is 14.7. The van der Waals surface area contributed by atoms with Crippen LogP contribution in [0.4, 0.5) is 0 Å². The number of benzene rings is 4. The third-order valence-electron chi connectivity index (χ3n) is 9.29. The standard InChI is InChI=1S/C45H50O4/c1-8-9-28-45(7)29-32(20-22-34-24-26-40(48-42(46)31(2)3)38-16-12-10-14-36(34)38)18-19-33(30-45)21-23-35-25-27-41(49-43(47)44(4,5)6)39-17-13-11-15-37(35)39/h10-19,24-27,29-30H,2,8-9,20-23,28H2,1,3-7H3. The number of ether oxygens (including phenoxy) is 2. The van der Waals surface area contributed by atoms with Gasteiger partial charge in [0.25, 0.3) is 0 Å². The summed E-state index contributed by atoms with van der Waals surface area (Å²) in [6.45, 7) is 15.6. The lowest BCUT2D eigenvalue weighted by Gasteiger charge is -2.24. The Morgan fingerprint density at radius 1 is 0.694 bits per heavy atom. The van der Waals surface area contributed by atoms with Crippen LogP contribution in [0.2, 0.25) is 0 Å². The van der Waals surface area contributed by atoms with Gasteiger partial charge >= 0.3 is 11.9 Å². The van der Waals surface area contributed by atoms with Crippen molar-refractivity contribution in [3.8, 4) is 11.5 Å². The van der Waals surface area contributed by atoms with E-state index in [4.69, 9.17) is 9.47 Å². The smallest absolute Gasteiger partial charge is 0.338 e. The van der Waals surface area contributed by atoms with Gasteiger partial charge in [-0.25, -0.2) is 4.79 Å². The number of fused-ring (bicyclic) bond motifs is 2. The molecule has 0 aliphatic heterocycles. The molecule has 5 rings (SSSR count). The average Bonchev–Trinajstić information content (AvgIpc) is 3.24. The fourth-order valence-corrected chi connectivity index (χ4v) is 6.49. The first kappa shape index (κ1) is 35.6. The molecule has 4 aromatic carbocycles. The maximum atomic E-state index is 12.7. The summed E-state index contributed by atoms with van der Waals surface area (Å²) in [5.74, 6) is 0.538. The molecule has 0 bridgehead atoms. The van der Waals surface area contributed by atoms with E-state index in [9.17, 15) is 9.59 Å². The van der Waals surface area contributed by atoms with Gasteiger partial charge in [-0.3, -0.25) is 4.79 Å². The van der Waals surface area contributed by atoms with Gasteiger partial charge < -0.3 is 9.47 Å². The number of hydrogen-bond acceptors (Lipinski definition) is 4. The molecule has 1 aliphatic rings. The first-order chi connectivity index (χ1) is 23.4. The maximum Gasteiger partial charge on any atom is 0.338 e. The first-order valence-corrected chi connectivity index (χ1v) is 17.6. The Morgan fingerprint density at radius 2 is 1.16 bits per heavy atom. The van der Waals surface area contributed by atoms with E-state index in [1.165, 1.54) is 28.7 Å². The van der Waals surface area contributed by atoms with Crippen LogP contribution in [0.5, 0.6) is 11.5 Å². The summed E-state index contributed by atoms with van der Waals surface area (Å²) in [5, 5.41) is 4.13. The number of allylic oxidation sites excluding steroid dienone is 6. The summed E-state index contributed by atoms with van der Waals surface area (Å²) < 4.78 is 11.5. The zero-order valence-electron chi connectivity index (χ0n) is 30.0. The topological polar surface area (TPSA) is 52.6 Å². The normalized spacial score (nSPS) is 16.2. The van der Waals surface area contributed by atoms with Gasteiger partial charge in [-0.15, -0.1) is 0 Å². The second kappa shape index (κ2) is 15.2. The fourth-order valence-electron chi connectivity index (χ4n) is 6.49. The summed E-state index contributed by atoms with van der Waals surface area (Å²) in [5.41, 5.74) is 4.92. The monoisotopic (exact) mass is 654 g/mol. The van der Waals surface area contributed by atoms with Gasteiger partial charge in [-0.05, 0) is 93.8 Å². The zero-order valence-corrected chi connectivity index (χ0v) is 30.0. The Morgan fingerprint density at radius 3 is 1.61 bits per heavy atom. The highest BCUT2D eigenvalue weighted by molar-refractivity contribution is 5.96. The van der Waals surface area contributed by atoms with E-state index in [-0.39, 0.29) is 11.4 Å².